The molecular weight excluding hydrogens is 306 g/mol. The highest BCUT2D eigenvalue weighted by Crippen LogP contribution is 2.20. The molecule has 1 saturated heterocycles. The highest BCUT2D eigenvalue weighted by Gasteiger charge is 2.34. The van der Waals surface area contributed by atoms with Crippen LogP contribution >= 0.6 is 12.2 Å². The number of rotatable bonds is 3. The zero-order valence-electron chi connectivity index (χ0n) is 12.5. The Hall–Kier alpha value is -1.18. The van der Waals surface area contributed by atoms with Crippen molar-refractivity contribution in [2.24, 2.45) is 0 Å². The summed E-state index contributed by atoms with van der Waals surface area (Å²) in [6.07, 6.45) is 0.607. The fourth-order valence-corrected chi connectivity index (χ4v) is 4.58. The molecule has 0 aromatic heterocycles. The molecule has 1 aliphatic rings. The molecule has 1 aromatic carbocycles. The van der Waals surface area contributed by atoms with Crippen molar-refractivity contribution in [3.63, 3.8) is 0 Å². The summed E-state index contributed by atoms with van der Waals surface area (Å²) in [6.45, 7) is 2.03. The van der Waals surface area contributed by atoms with Crippen LogP contribution in [-0.2, 0) is 9.84 Å². The lowest BCUT2D eigenvalue weighted by atomic mass is 10.2. The lowest BCUT2D eigenvalue weighted by Crippen LogP contribution is -2.51. The third-order valence-corrected chi connectivity index (χ3v) is 5.54. The number of nitrogens with zero attached hydrogens (tertiary/aromatic N) is 2. The van der Waals surface area contributed by atoms with E-state index in [9.17, 15) is 8.42 Å². The minimum Gasteiger partial charge on any atom is -0.332 e. The monoisotopic (exact) mass is 327 g/mol. The van der Waals surface area contributed by atoms with E-state index < -0.39 is 9.84 Å². The van der Waals surface area contributed by atoms with E-state index in [1.165, 1.54) is 5.56 Å². The van der Waals surface area contributed by atoms with Gasteiger partial charge in [-0.3, -0.25) is 5.01 Å². The van der Waals surface area contributed by atoms with Gasteiger partial charge in [0.2, 0.25) is 0 Å². The van der Waals surface area contributed by atoms with Gasteiger partial charge in [-0.2, -0.15) is 0 Å². The Bertz CT molecular complexity index is 612. The number of aryl methyl sites for hydroxylation is 1. The standard InChI is InChI=1S/C14H21N3O2S2/c1-11-4-6-12(7-5-11)15-14(20)17(16(2)3)13-8-9-21(18,19)10-13/h4-7,13H,8-10H2,1-3H3,(H,15,20)/t13-/m1/s1. The molecule has 21 heavy (non-hydrogen) atoms. The first-order valence-electron chi connectivity index (χ1n) is 6.83. The van der Waals surface area contributed by atoms with E-state index in [-0.39, 0.29) is 17.5 Å². The van der Waals surface area contributed by atoms with Crippen LogP contribution < -0.4 is 5.32 Å². The van der Waals surface area contributed by atoms with Gasteiger partial charge in [0.25, 0.3) is 0 Å². The van der Waals surface area contributed by atoms with E-state index in [1.54, 1.807) is 0 Å². The number of benzene rings is 1. The molecule has 2 rings (SSSR count). The van der Waals surface area contributed by atoms with Crippen molar-refractivity contribution in [3.05, 3.63) is 29.8 Å². The maximum Gasteiger partial charge on any atom is 0.188 e. The molecule has 116 valence electrons. The molecule has 1 heterocycles. The number of hydrogen-bond donors (Lipinski definition) is 1. The zero-order valence-corrected chi connectivity index (χ0v) is 14.2. The first-order valence-corrected chi connectivity index (χ1v) is 9.06. The van der Waals surface area contributed by atoms with E-state index in [0.29, 0.717) is 11.5 Å². The molecule has 0 saturated carbocycles. The molecule has 0 bridgehead atoms. The van der Waals surface area contributed by atoms with Gasteiger partial charge in [-0.15, -0.1) is 0 Å². The fraction of sp³-hybridized carbons (Fsp3) is 0.500. The lowest BCUT2D eigenvalue weighted by Gasteiger charge is -2.36. The number of thiocarbonyl (C=S) groups is 1. The second-order valence-corrected chi connectivity index (χ2v) is 8.16. The van der Waals surface area contributed by atoms with Crippen LogP contribution in [-0.4, -0.2) is 55.2 Å². The first-order chi connectivity index (χ1) is 9.78. The average molecular weight is 327 g/mol. The van der Waals surface area contributed by atoms with Crippen molar-refractivity contribution in [1.82, 2.24) is 10.0 Å². The average Bonchev–Trinajstić information content (AvgIpc) is 2.72. The number of anilines is 1. The van der Waals surface area contributed by atoms with Gasteiger partial charge in [-0.05, 0) is 37.7 Å². The molecule has 1 aliphatic heterocycles. The van der Waals surface area contributed by atoms with Crippen molar-refractivity contribution in [2.45, 2.75) is 19.4 Å². The van der Waals surface area contributed by atoms with Gasteiger partial charge >= 0.3 is 0 Å². The molecule has 0 unspecified atom stereocenters. The highest BCUT2D eigenvalue weighted by atomic mass is 32.2. The predicted molar refractivity (Wildman–Crippen MR) is 90.0 cm³/mol. The summed E-state index contributed by atoms with van der Waals surface area (Å²) in [6, 6.07) is 7.83. The minimum atomic E-state index is -2.94. The van der Waals surface area contributed by atoms with E-state index in [4.69, 9.17) is 12.2 Å². The second-order valence-electron chi connectivity index (χ2n) is 5.54. The Morgan fingerprint density at radius 2 is 1.90 bits per heavy atom. The molecule has 1 N–H and O–H groups in total. The Labute approximate surface area is 131 Å². The van der Waals surface area contributed by atoms with Gasteiger partial charge in [0.15, 0.2) is 14.9 Å². The molecule has 1 aromatic rings. The fourth-order valence-electron chi connectivity index (χ4n) is 2.46. The molecule has 0 spiro atoms. The van der Waals surface area contributed by atoms with Crippen molar-refractivity contribution in [2.75, 3.05) is 30.9 Å². The van der Waals surface area contributed by atoms with E-state index in [0.717, 1.165) is 5.69 Å². The van der Waals surface area contributed by atoms with Gasteiger partial charge in [0.1, 0.15) is 0 Å². The molecule has 0 radical (unpaired) electrons. The Kier molecular flexibility index (Phi) is 4.85. The maximum absolute atomic E-state index is 11.7. The van der Waals surface area contributed by atoms with Crippen molar-refractivity contribution in [1.29, 1.82) is 0 Å². The Morgan fingerprint density at radius 3 is 2.38 bits per heavy atom. The smallest absolute Gasteiger partial charge is 0.188 e. The highest BCUT2D eigenvalue weighted by molar-refractivity contribution is 7.91. The predicted octanol–water partition coefficient (Wildman–Crippen LogP) is 1.66. The third-order valence-electron chi connectivity index (χ3n) is 3.50. The van der Waals surface area contributed by atoms with Gasteiger partial charge in [0.05, 0.1) is 17.5 Å². The van der Waals surface area contributed by atoms with Crippen molar-refractivity contribution >= 4 is 32.9 Å². The maximum atomic E-state index is 11.7. The molecule has 5 nitrogen and oxygen atoms in total. The molecule has 7 heteroatoms. The first kappa shape index (κ1) is 16.2. The van der Waals surface area contributed by atoms with Crippen LogP contribution in [0.5, 0.6) is 0 Å². The van der Waals surface area contributed by atoms with Crippen LogP contribution in [0.1, 0.15) is 12.0 Å². The number of sulfone groups is 1. The van der Waals surface area contributed by atoms with Crippen molar-refractivity contribution in [3.8, 4) is 0 Å². The summed E-state index contributed by atoms with van der Waals surface area (Å²) in [5.41, 5.74) is 2.08. The van der Waals surface area contributed by atoms with Gasteiger partial charge < -0.3 is 5.32 Å². The number of hydrogen-bond acceptors (Lipinski definition) is 4. The summed E-state index contributed by atoms with van der Waals surface area (Å²) in [7, 11) is 0.796. The van der Waals surface area contributed by atoms with Crippen LogP contribution in [0.25, 0.3) is 0 Å². The molecular formula is C14H21N3O2S2. The van der Waals surface area contributed by atoms with E-state index in [2.05, 4.69) is 5.32 Å². The summed E-state index contributed by atoms with van der Waals surface area (Å²) in [5.74, 6) is 0.385. The number of hydrazine groups is 1. The van der Waals surface area contributed by atoms with Crippen LogP contribution in [0.3, 0.4) is 0 Å². The van der Waals surface area contributed by atoms with Crippen LogP contribution in [0.15, 0.2) is 24.3 Å². The van der Waals surface area contributed by atoms with Gasteiger partial charge in [-0.1, -0.05) is 17.7 Å². The van der Waals surface area contributed by atoms with Crippen LogP contribution in [0.4, 0.5) is 5.69 Å². The summed E-state index contributed by atoms with van der Waals surface area (Å²) in [5, 5.41) is 7.38. The number of nitrogens with one attached hydrogen (secondary N) is 1. The largest absolute Gasteiger partial charge is 0.332 e. The molecule has 0 aliphatic carbocycles. The Morgan fingerprint density at radius 1 is 1.29 bits per heavy atom. The normalized spacial score (nSPS) is 20.5. The van der Waals surface area contributed by atoms with Crippen LogP contribution in [0, 0.1) is 6.92 Å². The minimum absolute atomic E-state index is 0.101. The summed E-state index contributed by atoms with van der Waals surface area (Å²) in [4.78, 5) is 0. The van der Waals surface area contributed by atoms with Gasteiger partial charge in [0, 0.05) is 19.8 Å². The SMILES string of the molecule is Cc1ccc(NC(=S)N([C@@H]2CCS(=O)(=O)C2)N(C)C)cc1. The molecule has 0 amide bonds. The lowest BCUT2D eigenvalue weighted by molar-refractivity contribution is 0.0757. The van der Waals surface area contributed by atoms with Gasteiger partial charge in [-0.25, -0.2) is 13.4 Å². The molecule has 1 fully saturated rings. The molecule has 1 atom stereocenters. The van der Waals surface area contributed by atoms with Crippen molar-refractivity contribution < 1.29 is 8.42 Å². The quantitative estimate of drug-likeness (QED) is 0.673. The summed E-state index contributed by atoms with van der Waals surface area (Å²) < 4.78 is 23.4. The second kappa shape index (κ2) is 6.29. The zero-order chi connectivity index (χ0) is 15.6. The van der Waals surface area contributed by atoms with E-state index in [1.807, 2.05) is 55.3 Å². The third kappa shape index (κ3) is 4.15. The van der Waals surface area contributed by atoms with E-state index >= 15 is 0 Å². The van der Waals surface area contributed by atoms with Crippen LogP contribution in [0.2, 0.25) is 0 Å². The Balaban J connectivity index is 2.11. The summed E-state index contributed by atoms with van der Waals surface area (Å²) >= 11 is 5.46. The topological polar surface area (TPSA) is 52.7 Å².